The molecule has 0 bridgehead atoms. The zero-order valence-electron chi connectivity index (χ0n) is 9.57. The number of nitrogens with zero attached hydrogens (tertiary/aromatic N) is 2. The molecule has 1 aliphatic heterocycles. The molecule has 0 radical (unpaired) electrons. The molecule has 0 aliphatic carbocycles. The van der Waals surface area contributed by atoms with Gasteiger partial charge in [0, 0.05) is 30.5 Å². The van der Waals surface area contributed by atoms with Crippen molar-refractivity contribution in [2.24, 2.45) is 0 Å². The van der Waals surface area contributed by atoms with Crippen LogP contribution in [0.15, 0.2) is 42.7 Å². The van der Waals surface area contributed by atoms with E-state index in [0.717, 1.165) is 11.3 Å². The van der Waals surface area contributed by atoms with Crippen LogP contribution in [0.4, 0.5) is 0 Å². The van der Waals surface area contributed by atoms with Gasteiger partial charge in [-0.2, -0.15) is 4.40 Å². The number of carbonyl (C=O) groups excluding carboxylic acids is 1. The lowest BCUT2D eigenvalue weighted by molar-refractivity contribution is -0.512. The third-order valence-electron chi connectivity index (χ3n) is 2.89. The van der Waals surface area contributed by atoms with Gasteiger partial charge >= 0.3 is 0 Å². The second-order valence-corrected chi connectivity index (χ2v) is 5.75. The Labute approximate surface area is 114 Å². The van der Waals surface area contributed by atoms with Gasteiger partial charge in [-0.15, -0.1) is 0 Å². The molecule has 2 aromatic heterocycles. The molecular weight excluding hydrogens is 264 g/mol. The van der Waals surface area contributed by atoms with E-state index in [-0.39, 0.29) is 5.91 Å². The van der Waals surface area contributed by atoms with Gasteiger partial charge < -0.3 is 0 Å². The Morgan fingerprint density at radius 2 is 2.22 bits per heavy atom. The predicted octanol–water partition coefficient (Wildman–Crippen LogP) is 1.90. The second-order valence-electron chi connectivity index (χ2n) is 4.02. The highest BCUT2D eigenvalue weighted by atomic mass is 32.2. The van der Waals surface area contributed by atoms with E-state index < -0.39 is 0 Å². The SMILES string of the molecule is O=C(c1ccc2cccc[n+]2c1)N1CCSC1=S. The molecular formula is C13H11N2OS2+. The first-order valence-corrected chi connectivity index (χ1v) is 7.04. The highest BCUT2D eigenvalue weighted by Crippen LogP contribution is 2.20. The van der Waals surface area contributed by atoms with Gasteiger partial charge in [0.15, 0.2) is 12.4 Å². The molecule has 1 saturated heterocycles. The molecule has 0 spiro atoms. The fraction of sp³-hybridized carbons (Fsp3) is 0.154. The molecule has 0 unspecified atom stereocenters. The average molecular weight is 275 g/mol. The van der Waals surface area contributed by atoms with Crippen LogP contribution in [-0.4, -0.2) is 27.4 Å². The van der Waals surface area contributed by atoms with Gasteiger partial charge in [0.05, 0.1) is 0 Å². The quantitative estimate of drug-likeness (QED) is 0.587. The Kier molecular flexibility index (Phi) is 3.01. The van der Waals surface area contributed by atoms with Crippen LogP contribution in [0.1, 0.15) is 10.4 Å². The number of aromatic nitrogens is 1. The van der Waals surface area contributed by atoms with Crippen molar-refractivity contribution in [2.75, 3.05) is 12.3 Å². The van der Waals surface area contributed by atoms with Crippen LogP contribution in [0.3, 0.4) is 0 Å². The molecule has 1 fully saturated rings. The largest absolute Gasteiger partial charge is 0.293 e. The number of carbonyl (C=O) groups is 1. The molecule has 3 nitrogen and oxygen atoms in total. The molecule has 2 aromatic rings. The summed E-state index contributed by atoms with van der Waals surface area (Å²) < 4.78 is 2.62. The maximum Gasteiger partial charge on any atom is 0.265 e. The Morgan fingerprint density at radius 1 is 1.33 bits per heavy atom. The van der Waals surface area contributed by atoms with Crippen molar-refractivity contribution in [3.63, 3.8) is 0 Å². The van der Waals surface area contributed by atoms with Crippen molar-refractivity contribution in [3.8, 4) is 0 Å². The molecule has 0 saturated carbocycles. The zero-order chi connectivity index (χ0) is 12.5. The maximum absolute atomic E-state index is 12.3. The summed E-state index contributed by atoms with van der Waals surface area (Å²) in [6.45, 7) is 0.708. The number of hydrogen-bond donors (Lipinski definition) is 0. The Balaban J connectivity index is 1.99. The van der Waals surface area contributed by atoms with E-state index in [2.05, 4.69) is 0 Å². The predicted molar refractivity (Wildman–Crippen MR) is 75.7 cm³/mol. The summed E-state index contributed by atoms with van der Waals surface area (Å²) in [5.41, 5.74) is 1.73. The van der Waals surface area contributed by atoms with E-state index in [1.807, 2.05) is 47.1 Å². The molecule has 18 heavy (non-hydrogen) atoms. The van der Waals surface area contributed by atoms with Crippen molar-refractivity contribution >= 4 is 39.7 Å². The van der Waals surface area contributed by atoms with Gasteiger partial charge in [-0.1, -0.05) is 24.0 Å². The first-order valence-electron chi connectivity index (χ1n) is 5.64. The zero-order valence-corrected chi connectivity index (χ0v) is 11.2. The number of thioether (sulfide) groups is 1. The monoisotopic (exact) mass is 275 g/mol. The van der Waals surface area contributed by atoms with E-state index in [1.165, 1.54) is 0 Å². The molecule has 0 N–H and O–H groups in total. The lowest BCUT2D eigenvalue weighted by Crippen LogP contribution is -2.32. The molecule has 0 atom stereocenters. The van der Waals surface area contributed by atoms with Crippen molar-refractivity contribution in [3.05, 3.63) is 48.3 Å². The molecule has 1 amide bonds. The number of amides is 1. The van der Waals surface area contributed by atoms with Crippen molar-refractivity contribution in [1.82, 2.24) is 4.90 Å². The third-order valence-corrected chi connectivity index (χ3v) is 4.32. The number of hydrogen-bond acceptors (Lipinski definition) is 3. The van der Waals surface area contributed by atoms with Crippen LogP contribution in [0.2, 0.25) is 0 Å². The van der Waals surface area contributed by atoms with Gasteiger partial charge in [-0.3, -0.25) is 9.69 Å². The van der Waals surface area contributed by atoms with E-state index in [1.54, 1.807) is 16.7 Å². The average Bonchev–Trinajstić information content (AvgIpc) is 2.83. The van der Waals surface area contributed by atoms with Crippen LogP contribution < -0.4 is 4.40 Å². The van der Waals surface area contributed by atoms with Crippen LogP contribution in [-0.2, 0) is 0 Å². The Bertz CT molecular complexity index is 642. The minimum Gasteiger partial charge on any atom is -0.293 e. The summed E-state index contributed by atoms with van der Waals surface area (Å²) in [6, 6.07) is 9.72. The molecule has 5 heteroatoms. The first-order chi connectivity index (χ1) is 8.75. The molecule has 1 aliphatic rings. The second kappa shape index (κ2) is 4.66. The van der Waals surface area contributed by atoms with Gasteiger partial charge in [0.2, 0.25) is 5.52 Å². The highest BCUT2D eigenvalue weighted by molar-refractivity contribution is 8.23. The van der Waals surface area contributed by atoms with E-state index in [9.17, 15) is 4.79 Å². The molecule has 3 rings (SSSR count). The molecule has 3 heterocycles. The lowest BCUT2D eigenvalue weighted by Gasteiger charge is -2.13. The Morgan fingerprint density at radius 3 is 3.00 bits per heavy atom. The number of fused-ring (bicyclic) bond motifs is 1. The lowest BCUT2D eigenvalue weighted by atomic mass is 10.2. The minimum absolute atomic E-state index is 0.0109. The number of pyridine rings is 2. The van der Waals surface area contributed by atoms with Gasteiger partial charge in [-0.05, 0) is 12.1 Å². The van der Waals surface area contributed by atoms with Crippen LogP contribution in [0.5, 0.6) is 0 Å². The Hall–Kier alpha value is -1.46. The standard InChI is InChI=1S/C13H11N2OS2/c16-12(15-7-8-18-13(15)17)10-4-5-11-3-1-2-6-14(11)9-10/h1-6,9H,7-8H2/q+1. The fourth-order valence-corrected chi connectivity index (χ4v) is 3.16. The summed E-state index contributed by atoms with van der Waals surface area (Å²) in [5, 5.41) is 0. The van der Waals surface area contributed by atoms with Gasteiger partial charge in [-0.25, -0.2) is 0 Å². The minimum atomic E-state index is -0.0109. The maximum atomic E-state index is 12.3. The fourth-order valence-electron chi connectivity index (χ4n) is 1.96. The summed E-state index contributed by atoms with van der Waals surface area (Å²) in [4.78, 5) is 14.0. The van der Waals surface area contributed by atoms with Crippen LogP contribution in [0, 0.1) is 0 Å². The smallest absolute Gasteiger partial charge is 0.265 e. The summed E-state index contributed by atoms with van der Waals surface area (Å²) >= 11 is 6.74. The summed E-state index contributed by atoms with van der Waals surface area (Å²) in [5.74, 6) is 0.883. The van der Waals surface area contributed by atoms with Crippen molar-refractivity contribution < 1.29 is 9.20 Å². The number of rotatable bonds is 1. The first kappa shape index (κ1) is 11.6. The summed E-state index contributed by atoms with van der Waals surface area (Å²) in [7, 11) is 0. The van der Waals surface area contributed by atoms with Gasteiger partial charge in [0.1, 0.15) is 9.88 Å². The molecule has 90 valence electrons. The highest BCUT2D eigenvalue weighted by Gasteiger charge is 2.26. The van der Waals surface area contributed by atoms with E-state index >= 15 is 0 Å². The van der Waals surface area contributed by atoms with Crippen LogP contribution in [0.25, 0.3) is 5.52 Å². The van der Waals surface area contributed by atoms with Crippen molar-refractivity contribution in [2.45, 2.75) is 0 Å². The van der Waals surface area contributed by atoms with Crippen molar-refractivity contribution in [1.29, 1.82) is 0 Å². The molecule has 0 aromatic carbocycles. The normalized spacial score (nSPS) is 15.3. The topological polar surface area (TPSA) is 24.4 Å². The van der Waals surface area contributed by atoms with E-state index in [4.69, 9.17) is 12.2 Å². The third kappa shape index (κ3) is 2.00. The van der Waals surface area contributed by atoms with E-state index in [0.29, 0.717) is 16.4 Å². The van der Waals surface area contributed by atoms with Crippen LogP contribution >= 0.6 is 24.0 Å². The summed E-state index contributed by atoms with van der Waals surface area (Å²) in [6.07, 6.45) is 3.78. The van der Waals surface area contributed by atoms with Gasteiger partial charge in [0.25, 0.3) is 5.91 Å². The number of thiocarbonyl (C=S) groups is 1.